The maximum absolute atomic E-state index is 11.6. The van der Waals surface area contributed by atoms with Gasteiger partial charge >= 0.3 is 5.97 Å². The van der Waals surface area contributed by atoms with Crippen molar-refractivity contribution in [3.8, 4) is 0 Å². The molecule has 1 aromatic carbocycles. The number of benzene rings is 1. The molecule has 0 saturated heterocycles. The third-order valence-electron chi connectivity index (χ3n) is 4.62. The zero-order chi connectivity index (χ0) is 14.8. The van der Waals surface area contributed by atoms with Crippen LogP contribution >= 0.6 is 22.6 Å². The monoisotopic (exact) mass is 394 g/mol. The molecular weight excluding hydrogens is 379 g/mol. The Morgan fingerprint density at radius 1 is 1.52 bits per heavy atom. The fraction of sp³-hybridized carbons (Fsp3) is 0.312. The summed E-state index contributed by atoms with van der Waals surface area (Å²) in [5, 5.41) is 10.8. The van der Waals surface area contributed by atoms with Crippen LogP contribution in [0.5, 0.6) is 0 Å². The summed E-state index contributed by atoms with van der Waals surface area (Å²) in [5.74, 6) is -0.770. The highest BCUT2D eigenvalue weighted by Gasteiger charge is 2.43. The number of nitrogens with zero attached hydrogens (tertiary/aromatic N) is 1. The van der Waals surface area contributed by atoms with Crippen molar-refractivity contribution in [2.45, 2.75) is 15.9 Å². The highest BCUT2D eigenvalue weighted by molar-refractivity contribution is 14.1. The molecule has 2 aromatic rings. The summed E-state index contributed by atoms with van der Waals surface area (Å²) in [7, 11) is 2.02. The molecule has 4 rings (SSSR count). The van der Waals surface area contributed by atoms with E-state index < -0.39 is 9.39 Å². The maximum Gasteiger partial charge on any atom is 0.324 e. The van der Waals surface area contributed by atoms with Gasteiger partial charge in [-0.2, -0.15) is 0 Å². The van der Waals surface area contributed by atoms with Crippen molar-refractivity contribution in [1.29, 1.82) is 0 Å². The van der Waals surface area contributed by atoms with Crippen LogP contribution in [0.1, 0.15) is 11.1 Å². The number of aromatic nitrogens is 1. The molecule has 0 saturated carbocycles. The minimum Gasteiger partial charge on any atom is -0.480 e. The van der Waals surface area contributed by atoms with Gasteiger partial charge in [-0.3, -0.25) is 9.69 Å². The van der Waals surface area contributed by atoms with E-state index >= 15 is 0 Å². The number of carboxylic acids is 1. The van der Waals surface area contributed by atoms with E-state index in [0.717, 1.165) is 17.5 Å². The highest BCUT2D eigenvalue weighted by atomic mass is 127. The van der Waals surface area contributed by atoms with E-state index in [1.54, 1.807) is 0 Å². The van der Waals surface area contributed by atoms with E-state index in [-0.39, 0.29) is 6.04 Å². The van der Waals surface area contributed by atoms with E-state index in [1.165, 1.54) is 16.5 Å². The second-order valence-corrected chi connectivity index (χ2v) is 7.87. The molecule has 4 nitrogen and oxygen atoms in total. The van der Waals surface area contributed by atoms with Crippen molar-refractivity contribution in [3.63, 3.8) is 0 Å². The molecule has 0 bridgehead atoms. The second kappa shape index (κ2) is 4.33. The number of aromatic amines is 1. The van der Waals surface area contributed by atoms with Crippen LogP contribution in [0.15, 0.2) is 30.5 Å². The molecule has 2 N–H and O–H groups in total. The molecule has 1 aliphatic carbocycles. The first-order valence-corrected chi connectivity index (χ1v) is 8.02. The average Bonchev–Trinajstić information content (AvgIpc) is 2.85. The zero-order valence-electron chi connectivity index (χ0n) is 11.6. The number of carbonyl (C=O) groups is 1. The Morgan fingerprint density at radius 3 is 3.10 bits per heavy atom. The number of fused-ring (bicyclic) bond motifs is 2. The van der Waals surface area contributed by atoms with Gasteiger partial charge in [0.15, 0.2) is 3.42 Å². The average molecular weight is 394 g/mol. The molecule has 0 spiro atoms. The minimum absolute atomic E-state index is 0.265. The maximum atomic E-state index is 11.6. The molecule has 1 aromatic heterocycles. The second-order valence-electron chi connectivity index (χ2n) is 5.94. The third-order valence-corrected chi connectivity index (χ3v) is 5.74. The number of hydrogen-bond acceptors (Lipinski definition) is 2. The predicted molar refractivity (Wildman–Crippen MR) is 90.8 cm³/mol. The molecule has 0 radical (unpaired) electrons. The van der Waals surface area contributed by atoms with Crippen LogP contribution in [0.3, 0.4) is 0 Å². The molecule has 0 fully saturated rings. The van der Waals surface area contributed by atoms with E-state index in [2.05, 4.69) is 50.8 Å². The van der Waals surface area contributed by atoms with Gasteiger partial charge in [0, 0.05) is 29.7 Å². The Bertz CT molecular complexity index is 795. The van der Waals surface area contributed by atoms with Gasteiger partial charge in [-0.05, 0) is 36.2 Å². The first kappa shape index (κ1) is 13.3. The van der Waals surface area contributed by atoms with Gasteiger partial charge in [-0.1, -0.05) is 40.8 Å². The lowest BCUT2D eigenvalue weighted by atomic mass is 9.80. The smallest absolute Gasteiger partial charge is 0.324 e. The van der Waals surface area contributed by atoms with Crippen molar-refractivity contribution < 1.29 is 9.90 Å². The standard InChI is InChI=1S/C16H15IN2O2/c1-19-8-16(17,15(20)21)6-11-10-3-2-4-12-14(10)9(7-18-12)5-13(11)19/h2-4,6-7,13,18H,5,8H2,1H3,(H,20,21)/t13-,16+/m1/s1. The SMILES string of the molecule is CN1C[C@](I)(C(=O)O)C=C2c3cccc4[nH]cc(c34)C[C@H]21. The summed E-state index contributed by atoms with van der Waals surface area (Å²) in [6.07, 6.45) is 4.98. The minimum atomic E-state index is -0.853. The lowest BCUT2D eigenvalue weighted by Gasteiger charge is -2.41. The van der Waals surface area contributed by atoms with Crippen LogP contribution in [0.2, 0.25) is 0 Å². The highest BCUT2D eigenvalue weighted by Crippen LogP contribution is 2.43. The van der Waals surface area contributed by atoms with Gasteiger partial charge in [-0.15, -0.1) is 0 Å². The molecule has 0 unspecified atom stereocenters. The van der Waals surface area contributed by atoms with Crippen LogP contribution < -0.4 is 0 Å². The van der Waals surface area contributed by atoms with Gasteiger partial charge in [-0.25, -0.2) is 0 Å². The number of likely N-dealkylation sites (N-methyl/N-ethyl adjacent to an activating group) is 1. The normalized spacial score (nSPS) is 28.3. The van der Waals surface area contributed by atoms with Crippen LogP contribution in [-0.4, -0.2) is 44.0 Å². The molecular formula is C16H15IN2O2. The zero-order valence-corrected chi connectivity index (χ0v) is 13.7. The third kappa shape index (κ3) is 1.80. The predicted octanol–water partition coefficient (Wildman–Crippen LogP) is 2.68. The fourth-order valence-corrected chi connectivity index (χ4v) is 4.49. The number of nitrogens with one attached hydrogen (secondary N) is 1. The van der Waals surface area contributed by atoms with Crippen molar-refractivity contribution in [1.82, 2.24) is 9.88 Å². The summed E-state index contributed by atoms with van der Waals surface area (Å²) in [6.45, 7) is 0.535. The number of carboxylic acid groups (broad SMARTS) is 1. The number of alkyl halides is 1. The van der Waals surface area contributed by atoms with Crippen molar-refractivity contribution in [3.05, 3.63) is 41.6 Å². The topological polar surface area (TPSA) is 56.3 Å². The first-order valence-electron chi connectivity index (χ1n) is 6.94. The number of aliphatic carboxylic acids is 1. The van der Waals surface area contributed by atoms with Gasteiger partial charge in [0.05, 0.1) is 0 Å². The van der Waals surface area contributed by atoms with E-state index in [4.69, 9.17) is 0 Å². The van der Waals surface area contributed by atoms with Crippen molar-refractivity contribution in [2.24, 2.45) is 0 Å². The molecule has 2 atom stereocenters. The fourth-order valence-electron chi connectivity index (χ4n) is 3.62. The molecule has 2 heterocycles. The number of halogens is 1. The Morgan fingerprint density at radius 2 is 2.33 bits per heavy atom. The molecule has 2 aliphatic rings. The molecule has 108 valence electrons. The van der Waals surface area contributed by atoms with Gasteiger partial charge in [0.2, 0.25) is 0 Å². The lowest BCUT2D eigenvalue weighted by molar-refractivity contribution is -0.138. The lowest BCUT2D eigenvalue weighted by Crippen LogP contribution is -2.51. The van der Waals surface area contributed by atoms with Gasteiger partial charge in [0.25, 0.3) is 0 Å². The molecule has 0 amide bonds. The molecule has 21 heavy (non-hydrogen) atoms. The van der Waals surface area contributed by atoms with Crippen LogP contribution in [0.25, 0.3) is 16.5 Å². The van der Waals surface area contributed by atoms with Crippen LogP contribution in [-0.2, 0) is 11.2 Å². The van der Waals surface area contributed by atoms with Gasteiger partial charge in [0.1, 0.15) is 0 Å². The van der Waals surface area contributed by atoms with Crippen molar-refractivity contribution >= 4 is 45.0 Å². The summed E-state index contributed by atoms with van der Waals surface area (Å²) < 4.78 is -0.853. The van der Waals surface area contributed by atoms with Crippen molar-refractivity contribution in [2.75, 3.05) is 13.6 Å². The van der Waals surface area contributed by atoms with Crippen LogP contribution in [0.4, 0.5) is 0 Å². The summed E-state index contributed by atoms with van der Waals surface area (Å²) in [6, 6.07) is 6.48. The first-order chi connectivity index (χ1) is 9.99. The van der Waals surface area contributed by atoms with E-state index in [1.807, 2.05) is 19.2 Å². The van der Waals surface area contributed by atoms with E-state index in [0.29, 0.717) is 6.54 Å². The largest absolute Gasteiger partial charge is 0.480 e. The molecule has 5 heteroatoms. The Balaban J connectivity index is 2.00. The van der Waals surface area contributed by atoms with Crippen LogP contribution in [0, 0.1) is 0 Å². The van der Waals surface area contributed by atoms with Gasteiger partial charge < -0.3 is 10.1 Å². The number of hydrogen-bond donors (Lipinski definition) is 2. The Hall–Kier alpha value is -1.34. The Kier molecular flexibility index (Phi) is 2.75. The summed E-state index contributed by atoms with van der Waals surface area (Å²) in [4.78, 5) is 17.1. The van der Waals surface area contributed by atoms with E-state index in [9.17, 15) is 9.90 Å². The number of rotatable bonds is 1. The Labute approximate surface area is 136 Å². The summed E-state index contributed by atoms with van der Waals surface area (Å²) in [5.41, 5.74) is 4.78. The quantitative estimate of drug-likeness (QED) is 0.578. The summed E-state index contributed by atoms with van der Waals surface area (Å²) >= 11 is 2.06. The number of H-pyrrole nitrogens is 1. The molecule has 1 aliphatic heterocycles.